The molecule has 1 atom stereocenters. The van der Waals surface area contributed by atoms with Crippen LogP contribution in [0.1, 0.15) is 30.1 Å². The van der Waals surface area contributed by atoms with Gasteiger partial charge in [0, 0.05) is 28.9 Å². The van der Waals surface area contributed by atoms with Crippen LogP contribution in [0.25, 0.3) is 10.9 Å². The van der Waals surface area contributed by atoms with Crippen molar-refractivity contribution in [1.82, 2.24) is 20.1 Å². The molecule has 0 amide bonds. The van der Waals surface area contributed by atoms with Gasteiger partial charge < -0.3 is 0 Å². The number of rotatable bonds is 1. The van der Waals surface area contributed by atoms with Gasteiger partial charge in [-0.1, -0.05) is 0 Å². The Labute approximate surface area is 101 Å². The molecule has 2 aromatic heterocycles. The Bertz CT molecular complexity index is 552. The van der Waals surface area contributed by atoms with Crippen molar-refractivity contribution in [2.45, 2.75) is 25.8 Å². The average molecular weight is 228 g/mol. The molecule has 0 aliphatic carbocycles. The van der Waals surface area contributed by atoms with Crippen LogP contribution in [0, 0.1) is 6.92 Å². The highest BCUT2D eigenvalue weighted by Gasteiger charge is 2.25. The van der Waals surface area contributed by atoms with Crippen LogP contribution in [0.15, 0.2) is 18.5 Å². The van der Waals surface area contributed by atoms with E-state index < -0.39 is 0 Å². The molecular formula is C13H16N4. The minimum absolute atomic E-state index is 0.447. The molecule has 0 bridgehead atoms. The normalized spacial score (nSPS) is 21.2. The van der Waals surface area contributed by atoms with Gasteiger partial charge in [0.1, 0.15) is 5.52 Å². The zero-order valence-corrected chi connectivity index (χ0v) is 10.2. The summed E-state index contributed by atoms with van der Waals surface area (Å²) < 4.78 is 0. The van der Waals surface area contributed by atoms with Crippen molar-refractivity contribution in [3.8, 4) is 0 Å². The van der Waals surface area contributed by atoms with E-state index in [0.717, 1.165) is 23.1 Å². The molecule has 1 saturated heterocycles. The van der Waals surface area contributed by atoms with E-state index in [9.17, 15) is 0 Å². The summed E-state index contributed by atoms with van der Waals surface area (Å²) in [4.78, 5) is 6.87. The van der Waals surface area contributed by atoms with Gasteiger partial charge in [-0.2, -0.15) is 10.2 Å². The monoisotopic (exact) mass is 228 g/mol. The third kappa shape index (κ3) is 1.69. The van der Waals surface area contributed by atoms with Gasteiger partial charge in [-0.05, 0) is 39.4 Å². The first kappa shape index (κ1) is 10.6. The summed E-state index contributed by atoms with van der Waals surface area (Å²) in [5, 5.41) is 9.44. The Morgan fingerprint density at radius 3 is 3.06 bits per heavy atom. The van der Waals surface area contributed by atoms with Crippen molar-refractivity contribution < 1.29 is 0 Å². The van der Waals surface area contributed by atoms with E-state index in [-0.39, 0.29) is 0 Å². The fraction of sp³-hybridized carbons (Fsp3) is 0.462. The van der Waals surface area contributed by atoms with Crippen LogP contribution >= 0.6 is 0 Å². The Morgan fingerprint density at radius 1 is 1.41 bits per heavy atom. The maximum Gasteiger partial charge on any atom is 0.101 e. The van der Waals surface area contributed by atoms with Crippen LogP contribution in [0.5, 0.6) is 0 Å². The lowest BCUT2D eigenvalue weighted by Gasteiger charge is -2.20. The molecule has 0 spiro atoms. The largest absolute Gasteiger partial charge is 0.299 e. The molecule has 4 nitrogen and oxygen atoms in total. The molecule has 2 aromatic rings. The van der Waals surface area contributed by atoms with Crippen molar-refractivity contribution >= 4 is 10.9 Å². The average Bonchev–Trinajstić information content (AvgIpc) is 2.77. The van der Waals surface area contributed by atoms with Gasteiger partial charge in [0.05, 0.1) is 6.20 Å². The molecule has 0 radical (unpaired) electrons. The Hall–Kier alpha value is -1.55. The zero-order chi connectivity index (χ0) is 11.8. The highest BCUT2D eigenvalue weighted by molar-refractivity contribution is 5.83. The zero-order valence-electron chi connectivity index (χ0n) is 10.2. The maximum absolute atomic E-state index is 4.49. The second-order valence-corrected chi connectivity index (χ2v) is 4.73. The van der Waals surface area contributed by atoms with Crippen LogP contribution < -0.4 is 0 Å². The smallest absolute Gasteiger partial charge is 0.101 e. The van der Waals surface area contributed by atoms with Gasteiger partial charge in [0.15, 0.2) is 0 Å². The summed E-state index contributed by atoms with van der Waals surface area (Å²) in [6, 6.07) is 2.45. The van der Waals surface area contributed by atoms with Crippen LogP contribution in [-0.2, 0) is 0 Å². The van der Waals surface area contributed by atoms with E-state index in [1.165, 1.54) is 18.4 Å². The minimum Gasteiger partial charge on any atom is -0.299 e. The number of hydrogen-bond acceptors (Lipinski definition) is 4. The van der Waals surface area contributed by atoms with Gasteiger partial charge >= 0.3 is 0 Å². The third-order valence-electron chi connectivity index (χ3n) is 3.66. The molecule has 17 heavy (non-hydrogen) atoms. The quantitative estimate of drug-likeness (QED) is 0.749. The van der Waals surface area contributed by atoms with Gasteiger partial charge in [-0.15, -0.1) is 0 Å². The molecule has 0 unspecified atom stereocenters. The molecule has 0 saturated carbocycles. The van der Waals surface area contributed by atoms with E-state index in [1.54, 1.807) is 6.20 Å². The van der Waals surface area contributed by atoms with Crippen LogP contribution in [-0.4, -0.2) is 33.7 Å². The maximum atomic E-state index is 4.49. The second-order valence-electron chi connectivity index (χ2n) is 4.73. The van der Waals surface area contributed by atoms with E-state index in [2.05, 4.69) is 27.1 Å². The summed E-state index contributed by atoms with van der Waals surface area (Å²) in [7, 11) is 2.17. The minimum atomic E-state index is 0.447. The highest BCUT2D eigenvalue weighted by Crippen LogP contribution is 2.33. The van der Waals surface area contributed by atoms with E-state index in [0.29, 0.717) is 6.04 Å². The summed E-state index contributed by atoms with van der Waals surface area (Å²) in [6.07, 6.45) is 6.14. The second kappa shape index (κ2) is 4.04. The first-order valence-corrected chi connectivity index (χ1v) is 6.04. The number of nitrogens with zero attached hydrogens (tertiary/aromatic N) is 4. The fourth-order valence-corrected chi connectivity index (χ4v) is 2.68. The van der Waals surface area contributed by atoms with Crippen LogP contribution in [0.2, 0.25) is 0 Å². The standard InChI is InChI=1S/C13H16N4/c1-9-10-5-6-15-16-13(10)11(8-14-9)12-4-3-7-17(12)2/h5-6,8,12H,3-4,7H2,1-2H3/t12-/m0/s1. The molecule has 1 aliphatic rings. The van der Waals surface area contributed by atoms with Crippen molar-refractivity contribution in [2.24, 2.45) is 0 Å². The SMILES string of the molecule is Cc1ncc([C@@H]2CCCN2C)c2nnccc12. The Kier molecular flexibility index (Phi) is 2.52. The van der Waals surface area contributed by atoms with Crippen molar-refractivity contribution in [1.29, 1.82) is 0 Å². The molecule has 1 fully saturated rings. The van der Waals surface area contributed by atoms with E-state index in [1.807, 2.05) is 19.2 Å². The Morgan fingerprint density at radius 2 is 2.29 bits per heavy atom. The number of aromatic nitrogens is 3. The fourth-order valence-electron chi connectivity index (χ4n) is 2.68. The molecule has 0 N–H and O–H groups in total. The number of likely N-dealkylation sites (tertiary alicyclic amines) is 1. The highest BCUT2D eigenvalue weighted by atomic mass is 15.2. The lowest BCUT2D eigenvalue weighted by atomic mass is 10.0. The van der Waals surface area contributed by atoms with E-state index in [4.69, 9.17) is 0 Å². The summed E-state index contributed by atoms with van der Waals surface area (Å²) in [5.74, 6) is 0. The predicted molar refractivity (Wildman–Crippen MR) is 66.7 cm³/mol. The number of fused-ring (bicyclic) bond motifs is 1. The molecule has 1 aliphatic heterocycles. The molecule has 0 aromatic carbocycles. The lowest BCUT2D eigenvalue weighted by molar-refractivity contribution is 0.318. The molecule has 3 rings (SSSR count). The van der Waals surface area contributed by atoms with E-state index >= 15 is 0 Å². The summed E-state index contributed by atoms with van der Waals surface area (Å²) >= 11 is 0. The van der Waals surface area contributed by atoms with Crippen LogP contribution in [0.4, 0.5) is 0 Å². The lowest BCUT2D eigenvalue weighted by Crippen LogP contribution is -2.18. The van der Waals surface area contributed by atoms with Crippen molar-refractivity contribution in [3.63, 3.8) is 0 Å². The van der Waals surface area contributed by atoms with Crippen molar-refractivity contribution in [3.05, 3.63) is 29.7 Å². The van der Waals surface area contributed by atoms with Gasteiger partial charge in [0.2, 0.25) is 0 Å². The molecule has 4 heteroatoms. The number of pyridine rings is 1. The Balaban J connectivity index is 2.20. The molecule has 3 heterocycles. The van der Waals surface area contributed by atoms with Crippen molar-refractivity contribution in [2.75, 3.05) is 13.6 Å². The summed E-state index contributed by atoms with van der Waals surface area (Å²) in [6.45, 7) is 3.17. The molecule has 88 valence electrons. The van der Waals surface area contributed by atoms with Gasteiger partial charge in [-0.3, -0.25) is 9.88 Å². The third-order valence-corrected chi connectivity index (χ3v) is 3.66. The topological polar surface area (TPSA) is 41.9 Å². The first-order valence-electron chi connectivity index (χ1n) is 6.04. The van der Waals surface area contributed by atoms with Gasteiger partial charge in [-0.25, -0.2) is 0 Å². The summed E-state index contributed by atoms with van der Waals surface area (Å²) in [5.41, 5.74) is 3.26. The number of aryl methyl sites for hydroxylation is 1. The van der Waals surface area contributed by atoms with Gasteiger partial charge in [0.25, 0.3) is 0 Å². The first-order chi connectivity index (χ1) is 8.27. The van der Waals surface area contributed by atoms with Crippen LogP contribution in [0.3, 0.4) is 0 Å². The molecular weight excluding hydrogens is 212 g/mol. The number of hydrogen-bond donors (Lipinski definition) is 0. The predicted octanol–water partition coefficient (Wildman–Crippen LogP) is 2.10.